The third kappa shape index (κ3) is 5.92. The van der Waals surface area contributed by atoms with E-state index in [4.69, 9.17) is 30.6 Å². The van der Waals surface area contributed by atoms with Gasteiger partial charge in [-0.3, -0.25) is 5.32 Å². The van der Waals surface area contributed by atoms with Crippen molar-refractivity contribution in [2.75, 3.05) is 25.6 Å². The third-order valence-electron chi connectivity index (χ3n) is 6.50. The molecule has 1 amide bonds. The number of methoxy groups -OCH3 is 1. The van der Waals surface area contributed by atoms with Crippen LogP contribution in [0.1, 0.15) is 12.8 Å². The zero-order chi connectivity index (χ0) is 29.9. The van der Waals surface area contributed by atoms with Crippen molar-refractivity contribution in [2.45, 2.75) is 25.0 Å². The number of nitrogens with one attached hydrogen (secondary N) is 1. The fourth-order valence-electron chi connectivity index (χ4n) is 4.30. The first-order valence-electron chi connectivity index (χ1n) is 13.0. The van der Waals surface area contributed by atoms with Crippen molar-refractivity contribution in [3.05, 3.63) is 60.1 Å². The minimum atomic E-state index is -0.733. The van der Waals surface area contributed by atoms with Gasteiger partial charge in [-0.1, -0.05) is 0 Å². The molecular formula is C28H22FN7O6S. The van der Waals surface area contributed by atoms with Crippen molar-refractivity contribution >= 4 is 50.1 Å². The van der Waals surface area contributed by atoms with Crippen LogP contribution in [0.3, 0.4) is 0 Å². The van der Waals surface area contributed by atoms with Crippen molar-refractivity contribution in [1.82, 2.24) is 24.9 Å². The van der Waals surface area contributed by atoms with Crippen LogP contribution in [0, 0.1) is 12.4 Å². The van der Waals surface area contributed by atoms with E-state index >= 15 is 4.39 Å². The van der Waals surface area contributed by atoms with Gasteiger partial charge in [0.25, 0.3) is 0 Å². The van der Waals surface area contributed by atoms with Crippen LogP contribution in [0.15, 0.2) is 42.9 Å². The van der Waals surface area contributed by atoms with E-state index in [2.05, 4.69) is 35.1 Å². The molecule has 3 aromatic heterocycles. The number of ether oxygens (including phenoxy) is 4. The number of carbonyl (C=O) groups is 1. The number of hydrogen-bond acceptors (Lipinski definition) is 12. The Labute approximate surface area is 247 Å². The van der Waals surface area contributed by atoms with E-state index < -0.39 is 24.1 Å². The molecule has 5 aromatic rings. The van der Waals surface area contributed by atoms with E-state index in [1.54, 1.807) is 18.2 Å². The zero-order valence-electron chi connectivity index (χ0n) is 22.5. The monoisotopic (exact) mass is 603 g/mol. The lowest BCUT2D eigenvalue weighted by atomic mass is 9.92. The Hall–Kier alpha value is -5.20. The molecule has 15 heteroatoms. The number of halogens is 1. The van der Waals surface area contributed by atoms with Crippen LogP contribution in [-0.2, 0) is 4.74 Å². The molecule has 0 bridgehead atoms. The van der Waals surface area contributed by atoms with Crippen LogP contribution in [0.4, 0.5) is 20.6 Å². The predicted molar refractivity (Wildman–Crippen MR) is 153 cm³/mol. The molecule has 1 aliphatic rings. The Morgan fingerprint density at radius 2 is 1.93 bits per heavy atom. The molecule has 6 rings (SSSR count). The van der Waals surface area contributed by atoms with Gasteiger partial charge in [0.15, 0.2) is 17.3 Å². The molecule has 0 unspecified atom stereocenters. The van der Waals surface area contributed by atoms with E-state index in [1.807, 2.05) is 0 Å². The van der Waals surface area contributed by atoms with Gasteiger partial charge in [0.05, 0.1) is 65.8 Å². The molecule has 0 spiro atoms. The number of fused-ring (bicyclic) bond motifs is 2. The molecule has 2 atom stereocenters. The Balaban J connectivity index is 1.16. The van der Waals surface area contributed by atoms with Crippen LogP contribution in [-0.4, -0.2) is 68.7 Å². The van der Waals surface area contributed by atoms with Gasteiger partial charge < -0.3 is 24.1 Å². The average Bonchev–Trinajstić information content (AvgIpc) is 3.43. The third-order valence-corrected chi connectivity index (χ3v) is 7.56. The van der Waals surface area contributed by atoms with Gasteiger partial charge in [0.2, 0.25) is 5.88 Å². The minimum absolute atomic E-state index is 0.0116. The maximum atomic E-state index is 15.1. The highest BCUT2D eigenvalue weighted by Crippen LogP contribution is 2.39. The second-order valence-electron chi connectivity index (χ2n) is 9.28. The number of hydrogen-bond donors (Lipinski definition) is 2. The molecule has 1 aliphatic carbocycles. The van der Waals surface area contributed by atoms with E-state index in [0.717, 1.165) is 0 Å². The molecule has 1 saturated carbocycles. The molecule has 2 N–H and O–H groups in total. The second-order valence-corrected chi connectivity index (χ2v) is 10.3. The maximum Gasteiger partial charge on any atom is 0.412 e. The first-order chi connectivity index (χ1) is 20.9. The first kappa shape index (κ1) is 27.9. The molecule has 0 aliphatic heterocycles. The highest BCUT2D eigenvalue weighted by atomic mass is 32.1. The van der Waals surface area contributed by atoms with E-state index in [9.17, 15) is 4.79 Å². The number of thiazole rings is 1. The number of carbonyl (C=O) groups excluding carboxylic acids is 1. The number of aliphatic hydroxyl groups is 1. The van der Waals surface area contributed by atoms with E-state index in [-0.39, 0.29) is 30.7 Å². The van der Waals surface area contributed by atoms with Crippen molar-refractivity contribution in [1.29, 1.82) is 0 Å². The van der Waals surface area contributed by atoms with Crippen molar-refractivity contribution in [3.63, 3.8) is 0 Å². The highest BCUT2D eigenvalue weighted by Gasteiger charge is 2.37. The summed E-state index contributed by atoms with van der Waals surface area (Å²) < 4.78 is 37.4. The molecule has 0 saturated heterocycles. The summed E-state index contributed by atoms with van der Waals surface area (Å²) in [5, 5.41) is 11.9. The molecule has 218 valence electrons. The summed E-state index contributed by atoms with van der Waals surface area (Å²) in [6, 6.07) is 6.21. The van der Waals surface area contributed by atoms with Gasteiger partial charge >= 0.3 is 12.1 Å². The van der Waals surface area contributed by atoms with Crippen LogP contribution in [0.5, 0.6) is 17.6 Å². The summed E-state index contributed by atoms with van der Waals surface area (Å²) >= 11 is 1.30. The maximum absolute atomic E-state index is 15.1. The van der Waals surface area contributed by atoms with Crippen LogP contribution >= 0.6 is 11.3 Å². The van der Waals surface area contributed by atoms with Crippen LogP contribution in [0.25, 0.3) is 36.7 Å². The minimum Gasteiger partial charge on any atom is -0.483 e. The van der Waals surface area contributed by atoms with Gasteiger partial charge in [-0.25, -0.2) is 38.9 Å². The molecular weight excluding hydrogens is 581 g/mol. The second kappa shape index (κ2) is 12.0. The summed E-state index contributed by atoms with van der Waals surface area (Å²) in [6.45, 7) is 7.36. The molecule has 13 nitrogen and oxygen atoms in total. The number of rotatable bonds is 9. The van der Waals surface area contributed by atoms with Crippen molar-refractivity contribution in [2.24, 2.45) is 0 Å². The topological polar surface area (TPSA) is 155 Å². The lowest BCUT2D eigenvalue weighted by molar-refractivity contribution is -0.0431. The standard InChI is InChI=1S/C28H22FN7O6S/c1-30-14-7-16(25-19(8-14)35-24(39-2)13-31-25)26-36-18-9-17(29)22(10-23(18)43-26)41-20-3-4-21(20)42-28(38)34-15-11-32-27(33-12-15)40-6-5-37/h7-13,20-21,37H,3-6H2,2H3,(H,34,38)/t20-,21+/m1/s1. The van der Waals surface area contributed by atoms with Crippen LogP contribution < -0.4 is 19.5 Å². The first-order valence-corrected chi connectivity index (χ1v) is 13.8. The van der Waals surface area contributed by atoms with Crippen molar-refractivity contribution < 1.29 is 33.2 Å². The number of anilines is 1. The van der Waals surface area contributed by atoms with Gasteiger partial charge in [-0.2, -0.15) is 0 Å². The van der Waals surface area contributed by atoms with Gasteiger partial charge in [0.1, 0.15) is 23.8 Å². The van der Waals surface area contributed by atoms with Gasteiger partial charge in [-0.05, 0) is 25.0 Å². The largest absolute Gasteiger partial charge is 0.483 e. The summed E-state index contributed by atoms with van der Waals surface area (Å²) in [5.41, 5.74) is 2.68. The van der Waals surface area contributed by atoms with E-state index in [1.165, 1.54) is 43.1 Å². The Morgan fingerprint density at radius 1 is 1.12 bits per heavy atom. The number of nitrogens with zero attached hydrogens (tertiary/aromatic N) is 6. The number of aromatic nitrogens is 5. The van der Waals surface area contributed by atoms with Gasteiger partial charge in [0, 0.05) is 17.7 Å². The van der Waals surface area contributed by atoms with E-state index in [0.29, 0.717) is 56.2 Å². The fourth-order valence-corrected chi connectivity index (χ4v) is 5.30. The fraction of sp³-hybridized carbons (Fsp3) is 0.250. The van der Waals surface area contributed by atoms with Gasteiger partial charge in [-0.15, -0.1) is 11.3 Å². The average molecular weight is 604 g/mol. The van der Waals surface area contributed by atoms with Crippen LogP contribution in [0.2, 0.25) is 0 Å². The highest BCUT2D eigenvalue weighted by molar-refractivity contribution is 7.21. The van der Waals surface area contributed by atoms with Crippen molar-refractivity contribution in [3.8, 4) is 28.2 Å². The molecule has 3 heterocycles. The number of aliphatic hydroxyl groups excluding tert-OH is 1. The summed E-state index contributed by atoms with van der Waals surface area (Å²) in [6.07, 6.45) is 3.43. The zero-order valence-corrected chi connectivity index (χ0v) is 23.3. The smallest absolute Gasteiger partial charge is 0.412 e. The number of amides is 1. The quantitative estimate of drug-likeness (QED) is 0.221. The lowest BCUT2D eigenvalue weighted by Crippen LogP contribution is -2.45. The predicted octanol–water partition coefficient (Wildman–Crippen LogP) is 4.92. The Kier molecular flexibility index (Phi) is 7.77. The normalized spacial score (nSPS) is 15.9. The number of benzene rings is 2. The SMILES string of the molecule is [C-]#[N+]c1cc(-c2nc3cc(F)c(O[C@@H]4CC[C@@H]4OC(=O)Nc4cnc(OCCO)nc4)cc3s2)c2ncc(OC)nc2c1. The molecule has 0 radical (unpaired) electrons. The summed E-state index contributed by atoms with van der Waals surface area (Å²) in [5.74, 6) is -0.278. The summed E-state index contributed by atoms with van der Waals surface area (Å²) in [4.78, 5) is 37.2. The Bertz CT molecular complexity index is 1860. The Morgan fingerprint density at radius 3 is 2.65 bits per heavy atom. The molecule has 2 aromatic carbocycles. The molecule has 1 fully saturated rings. The lowest BCUT2D eigenvalue weighted by Gasteiger charge is -2.35. The summed E-state index contributed by atoms with van der Waals surface area (Å²) in [7, 11) is 1.48. The molecule has 43 heavy (non-hydrogen) atoms.